The molecule has 3 heterocycles. The molecule has 3 aliphatic rings. The molecule has 1 saturated carbocycles. The average molecular weight is 532 g/mol. The predicted octanol–water partition coefficient (Wildman–Crippen LogP) is 6.76. The number of amides is 1. The third kappa shape index (κ3) is 5.00. The summed E-state index contributed by atoms with van der Waals surface area (Å²) in [6.07, 6.45) is 1.98. The van der Waals surface area contributed by atoms with Gasteiger partial charge in [-0.1, -0.05) is 24.3 Å². The summed E-state index contributed by atoms with van der Waals surface area (Å²) in [6, 6.07) is 10.6. The molecule has 2 aromatic carbocycles. The van der Waals surface area contributed by atoms with Crippen molar-refractivity contribution in [2.24, 2.45) is 11.8 Å². The minimum absolute atomic E-state index is 0.243. The second-order valence-electron chi connectivity index (χ2n) is 12.1. The third-order valence-corrected chi connectivity index (χ3v) is 8.95. The number of carbonyl (C=O) groups excluding carboxylic acids is 1. The zero-order valence-corrected chi connectivity index (χ0v) is 23.9. The lowest BCUT2D eigenvalue weighted by Crippen LogP contribution is -2.40. The Morgan fingerprint density at radius 1 is 1.13 bits per heavy atom. The molecule has 0 bridgehead atoms. The maximum Gasteiger partial charge on any atom is 0.410 e. The fourth-order valence-corrected chi connectivity index (χ4v) is 6.66. The van der Waals surface area contributed by atoms with E-state index in [1.54, 1.807) is 16.2 Å². The van der Waals surface area contributed by atoms with Gasteiger partial charge in [-0.2, -0.15) is 0 Å². The van der Waals surface area contributed by atoms with Crippen molar-refractivity contribution in [2.45, 2.75) is 66.2 Å². The van der Waals surface area contributed by atoms with E-state index >= 15 is 0 Å². The van der Waals surface area contributed by atoms with Crippen LogP contribution in [-0.2, 0) is 24.3 Å². The molecule has 1 aliphatic carbocycles. The van der Waals surface area contributed by atoms with Crippen LogP contribution in [0.5, 0.6) is 5.75 Å². The molecule has 2 fully saturated rings. The highest BCUT2D eigenvalue weighted by Crippen LogP contribution is 2.47. The van der Waals surface area contributed by atoms with Crippen LogP contribution in [0.2, 0.25) is 0 Å². The van der Waals surface area contributed by atoms with E-state index < -0.39 is 5.60 Å². The van der Waals surface area contributed by atoms with Crippen molar-refractivity contribution in [1.82, 2.24) is 9.88 Å². The highest BCUT2D eigenvalue weighted by molar-refractivity contribution is 7.14. The number of aromatic nitrogens is 1. The number of anilines is 1. The Labute approximate surface area is 229 Å². The van der Waals surface area contributed by atoms with Crippen LogP contribution in [0.25, 0.3) is 11.3 Å². The molecule has 6 nitrogen and oxygen atoms in total. The fraction of sp³-hybridized carbons (Fsp3) is 0.484. The highest BCUT2D eigenvalue weighted by Gasteiger charge is 2.45. The molecule has 1 aromatic heterocycles. The molecule has 1 saturated heterocycles. The molecule has 2 atom stereocenters. The first-order valence-corrected chi connectivity index (χ1v) is 14.6. The maximum absolute atomic E-state index is 12.6. The summed E-state index contributed by atoms with van der Waals surface area (Å²) in [5, 5.41) is 3.30. The molecule has 0 unspecified atom stereocenters. The average Bonchev–Trinajstić information content (AvgIpc) is 3.25. The summed E-state index contributed by atoms with van der Waals surface area (Å²) < 4.78 is 12.1. The molecule has 0 radical (unpaired) electrons. The highest BCUT2D eigenvalue weighted by atomic mass is 32.1. The molecular weight excluding hydrogens is 494 g/mol. The molecule has 0 N–H and O–H groups in total. The number of fused-ring (bicyclic) bond motifs is 2. The third-order valence-electron chi connectivity index (χ3n) is 8.05. The van der Waals surface area contributed by atoms with Crippen molar-refractivity contribution < 1.29 is 14.3 Å². The Bertz CT molecular complexity index is 1370. The summed E-state index contributed by atoms with van der Waals surface area (Å²) in [7, 11) is 0. The SMILES string of the molecule is Cc1cccc(-c2csc(N3C[C@H]4C[C@H]4C3)n2)c1OCc1ccc2c(c1C)CCN(C(=O)OC(C)(C)C)C2. The van der Waals surface area contributed by atoms with Gasteiger partial charge >= 0.3 is 6.09 Å². The van der Waals surface area contributed by atoms with Gasteiger partial charge in [-0.3, -0.25) is 0 Å². The van der Waals surface area contributed by atoms with E-state index in [4.69, 9.17) is 14.5 Å². The van der Waals surface area contributed by atoms with E-state index in [0.717, 1.165) is 59.0 Å². The van der Waals surface area contributed by atoms with Crippen LogP contribution >= 0.6 is 11.3 Å². The smallest absolute Gasteiger partial charge is 0.410 e. The number of piperidine rings is 1. The minimum atomic E-state index is -0.489. The topological polar surface area (TPSA) is 54.9 Å². The van der Waals surface area contributed by atoms with Gasteiger partial charge in [0.25, 0.3) is 0 Å². The summed E-state index contributed by atoms with van der Waals surface area (Å²) in [6.45, 7) is 14.0. The zero-order chi connectivity index (χ0) is 26.6. The van der Waals surface area contributed by atoms with E-state index in [0.29, 0.717) is 19.7 Å². The quantitative estimate of drug-likeness (QED) is 0.364. The first-order valence-electron chi connectivity index (χ1n) is 13.7. The lowest BCUT2D eigenvalue weighted by Gasteiger charge is -2.32. The van der Waals surface area contributed by atoms with E-state index in [9.17, 15) is 4.79 Å². The Balaban J connectivity index is 1.17. The van der Waals surface area contributed by atoms with Crippen LogP contribution in [0.3, 0.4) is 0 Å². The molecule has 0 spiro atoms. The van der Waals surface area contributed by atoms with Crippen molar-refractivity contribution in [3.05, 3.63) is 63.5 Å². The molecule has 2 aliphatic heterocycles. The number of para-hydroxylation sites is 1. The number of benzene rings is 2. The van der Waals surface area contributed by atoms with Gasteiger partial charge < -0.3 is 19.3 Å². The zero-order valence-electron chi connectivity index (χ0n) is 23.0. The summed E-state index contributed by atoms with van der Waals surface area (Å²) in [5.74, 6) is 2.68. The fourth-order valence-electron chi connectivity index (χ4n) is 5.81. The summed E-state index contributed by atoms with van der Waals surface area (Å²) >= 11 is 1.74. The second kappa shape index (κ2) is 9.60. The van der Waals surface area contributed by atoms with Crippen LogP contribution in [-0.4, -0.2) is 41.2 Å². The van der Waals surface area contributed by atoms with Gasteiger partial charge in [-0.05, 0) is 93.2 Å². The number of ether oxygens (including phenoxy) is 2. The van der Waals surface area contributed by atoms with Crippen molar-refractivity contribution >= 4 is 22.6 Å². The number of hydrogen-bond donors (Lipinski definition) is 0. The van der Waals surface area contributed by atoms with Gasteiger partial charge in [0.15, 0.2) is 5.13 Å². The molecule has 1 amide bonds. The molecule has 6 rings (SSSR count). The number of carbonyl (C=O) groups is 1. The molecule has 38 heavy (non-hydrogen) atoms. The predicted molar refractivity (Wildman–Crippen MR) is 152 cm³/mol. The van der Waals surface area contributed by atoms with E-state index in [1.165, 1.54) is 28.7 Å². The van der Waals surface area contributed by atoms with Crippen LogP contribution < -0.4 is 9.64 Å². The number of nitrogens with zero attached hydrogens (tertiary/aromatic N) is 3. The van der Waals surface area contributed by atoms with Gasteiger partial charge in [0.1, 0.15) is 18.0 Å². The Morgan fingerprint density at radius 3 is 2.68 bits per heavy atom. The van der Waals surface area contributed by atoms with Crippen LogP contribution in [0.15, 0.2) is 35.7 Å². The monoisotopic (exact) mass is 531 g/mol. The normalized spacial score (nSPS) is 20.2. The lowest BCUT2D eigenvalue weighted by atomic mass is 9.92. The van der Waals surface area contributed by atoms with E-state index in [-0.39, 0.29) is 6.09 Å². The summed E-state index contributed by atoms with van der Waals surface area (Å²) in [4.78, 5) is 21.8. The van der Waals surface area contributed by atoms with Crippen molar-refractivity contribution in [1.29, 1.82) is 0 Å². The van der Waals surface area contributed by atoms with Gasteiger partial charge in [0.05, 0.1) is 5.69 Å². The van der Waals surface area contributed by atoms with Gasteiger partial charge in [0.2, 0.25) is 0 Å². The van der Waals surface area contributed by atoms with Gasteiger partial charge in [-0.25, -0.2) is 9.78 Å². The minimum Gasteiger partial charge on any atom is -0.488 e. The largest absolute Gasteiger partial charge is 0.488 e. The first kappa shape index (κ1) is 25.2. The number of rotatable bonds is 5. The maximum atomic E-state index is 12.6. The summed E-state index contributed by atoms with van der Waals surface area (Å²) in [5.41, 5.74) is 7.62. The van der Waals surface area contributed by atoms with Crippen molar-refractivity contribution in [3.8, 4) is 17.0 Å². The molecule has 7 heteroatoms. The van der Waals surface area contributed by atoms with Gasteiger partial charge in [0, 0.05) is 37.1 Å². The van der Waals surface area contributed by atoms with Crippen LogP contribution in [0.4, 0.5) is 9.93 Å². The Morgan fingerprint density at radius 2 is 1.92 bits per heavy atom. The van der Waals surface area contributed by atoms with Crippen molar-refractivity contribution in [2.75, 3.05) is 24.5 Å². The number of aryl methyl sites for hydroxylation is 1. The number of thiazole rings is 1. The van der Waals surface area contributed by atoms with E-state index in [1.807, 2.05) is 20.8 Å². The molecular formula is C31H37N3O3S. The standard InChI is InChI=1S/C31H37N3O3S/c1-19-7-6-8-26(27-18-38-29(32-27)34-15-23-13-24(23)16-34)28(19)36-17-22-10-9-21-14-33(12-11-25(21)20(22)2)30(35)37-31(3,4)5/h6-10,18,23-24H,11-17H2,1-5H3/t23-,24+. The molecule has 200 valence electrons. The first-order chi connectivity index (χ1) is 18.2. The van der Waals surface area contributed by atoms with E-state index in [2.05, 4.69) is 54.5 Å². The van der Waals surface area contributed by atoms with Crippen molar-refractivity contribution in [3.63, 3.8) is 0 Å². The van der Waals surface area contributed by atoms with Crippen LogP contribution in [0.1, 0.15) is 55.0 Å². The Kier molecular flexibility index (Phi) is 6.37. The Hall–Kier alpha value is -3.06. The molecule has 3 aromatic rings. The second-order valence-corrected chi connectivity index (χ2v) is 12.9. The number of hydrogen-bond acceptors (Lipinski definition) is 6. The lowest BCUT2D eigenvalue weighted by molar-refractivity contribution is 0.0223. The van der Waals surface area contributed by atoms with Gasteiger partial charge in [-0.15, -0.1) is 11.3 Å². The van der Waals surface area contributed by atoms with Crippen LogP contribution in [0, 0.1) is 25.7 Å².